The predicted molar refractivity (Wildman–Crippen MR) is 117 cm³/mol. The van der Waals surface area contributed by atoms with Crippen LogP contribution in [0.4, 0.5) is 0 Å². The third kappa shape index (κ3) is 4.89. The molecule has 2 heterocycles. The predicted octanol–water partition coefficient (Wildman–Crippen LogP) is 2.48. The van der Waals surface area contributed by atoms with Crippen molar-refractivity contribution < 1.29 is 14.3 Å². The fourth-order valence-electron chi connectivity index (χ4n) is 4.66. The van der Waals surface area contributed by atoms with Crippen LogP contribution in [0.1, 0.15) is 50.1 Å². The van der Waals surface area contributed by atoms with Crippen molar-refractivity contribution in [2.24, 2.45) is 10.9 Å². The van der Waals surface area contributed by atoms with Gasteiger partial charge in [0.1, 0.15) is 17.9 Å². The molecule has 2 atom stereocenters. The summed E-state index contributed by atoms with van der Waals surface area (Å²) in [5.74, 6) is 2.12. The number of rotatable bonds is 5. The van der Waals surface area contributed by atoms with Crippen molar-refractivity contribution in [3.8, 4) is 5.75 Å². The number of ether oxygens (including phenoxy) is 2. The summed E-state index contributed by atoms with van der Waals surface area (Å²) >= 11 is 0. The van der Waals surface area contributed by atoms with Crippen molar-refractivity contribution in [2.75, 3.05) is 40.4 Å². The number of likely N-dealkylation sites (N-methyl/N-ethyl adjacent to an activating group) is 1. The Labute approximate surface area is 179 Å². The Hall–Kier alpha value is -2.28. The zero-order chi connectivity index (χ0) is 21.0. The van der Waals surface area contributed by atoms with Crippen molar-refractivity contribution >= 4 is 11.9 Å². The van der Waals surface area contributed by atoms with Crippen LogP contribution in [0.2, 0.25) is 0 Å². The average molecular weight is 415 g/mol. The minimum absolute atomic E-state index is 0.0139. The van der Waals surface area contributed by atoms with Crippen LogP contribution in [-0.4, -0.2) is 62.8 Å². The van der Waals surface area contributed by atoms with E-state index >= 15 is 0 Å². The quantitative estimate of drug-likeness (QED) is 0.572. The number of carbonyl (C=O) groups excluding carboxylic acids is 1. The molecule has 4 rings (SSSR count). The highest BCUT2D eigenvalue weighted by molar-refractivity contribution is 5.85. The Morgan fingerprint density at radius 2 is 2.07 bits per heavy atom. The molecular weight excluding hydrogens is 380 g/mol. The van der Waals surface area contributed by atoms with Crippen LogP contribution in [0, 0.1) is 5.92 Å². The van der Waals surface area contributed by atoms with E-state index in [-0.39, 0.29) is 24.1 Å². The molecule has 2 fully saturated rings. The highest BCUT2D eigenvalue weighted by Crippen LogP contribution is 2.46. The first-order valence-electron chi connectivity index (χ1n) is 11.2. The SMILES string of the molecule is CN(C)C(=O)CN=C(NCC1CCOC1)NC1CC2(CCCC2)Oc2ccccc21. The van der Waals surface area contributed by atoms with E-state index < -0.39 is 0 Å². The number of nitrogens with one attached hydrogen (secondary N) is 2. The van der Waals surface area contributed by atoms with Crippen LogP contribution in [0.5, 0.6) is 5.75 Å². The van der Waals surface area contributed by atoms with Crippen molar-refractivity contribution in [1.29, 1.82) is 0 Å². The van der Waals surface area contributed by atoms with Gasteiger partial charge in [-0.2, -0.15) is 0 Å². The van der Waals surface area contributed by atoms with Gasteiger partial charge < -0.3 is 25.0 Å². The van der Waals surface area contributed by atoms with E-state index in [2.05, 4.69) is 33.8 Å². The number of fused-ring (bicyclic) bond motifs is 1. The van der Waals surface area contributed by atoms with Crippen LogP contribution in [0.25, 0.3) is 0 Å². The van der Waals surface area contributed by atoms with Gasteiger partial charge in [0.25, 0.3) is 0 Å². The fourth-order valence-corrected chi connectivity index (χ4v) is 4.66. The summed E-state index contributed by atoms with van der Waals surface area (Å²) in [6.45, 7) is 2.51. The number of carbonyl (C=O) groups is 1. The lowest BCUT2D eigenvalue weighted by atomic mass is 9.86. The van der Waals surface area contributed by atoms with Gasteiger partial charge in [0.2, 0.25) is 5.91 Å². The van der Waals surface area contributed by atoms with E-state index in [9.17, 15) is 4.79 Å². The molecule has 7 nitrogen and oxygen atoms in total. The number of guanidine groups is 1. The average Bonchev–Trinajstić information content (AvgIpc) is 3.42. The summed E-state index contributed by atoms with van der Waals surface area (Å²) in [4.78, 5) is 18.3. The molecular formula is C23H34N4O3. The fraction of sp³-hybridized carbons (Fsp3) is 0.652. The molecule has 164 valence electrons. The molecule has 1 aliphatic carbocycles. The summed E-state index contributed by atoms with van der Waals surface area (Å²) in [5, 5.41) is 7.09. The molecule has 3 aliphatic rings. The Morgan fingerprint density at radius 3 is 2.80 bits per heavy atom. The number of nitrogens with zero attached hydrogens (tertiary/aromatic N) is 2. The molecule has 1 saturated heterocycles. The summed E-state index contributed by atoms with van der Waals surface area (Å²) in [5.41, 5.74) is 1.07. The molecule has 1 amide bonds. The zero-order valence-corrected chi connectivity index (χ0v) is 18.2. The van der Waals surface area contributed by atoms with Crippen LogP contribution < -0.4 is 15.4 Å². The maximum Gasteiger partial charge on any atom is 0.243 e. The van der Waals surface area contributed by atoms with Crippen molar-refractivity contribution in [3.05, 3.63) is 29.8 Å². The number of amides is 1. The molecule has 0 aromatic heterocycles. The van der Waals surface area contributed by atoms with Crippen LogP contribution in [0.15, 0.2) is 29.3 Å². The van der Waals surface area contributed by atoms with E-state index in [0.29, 0.717) is 11.9 Å². The van der Waals surface area contributed by atoms with Crippen LogP contribution in [0.3, 0.4) is 0 Å². The summed E-state index contributed by atoms with van der Waals surface area (Å²) in [7, 11) is 3.51. The summed E-state index contributed by atoms with van der Waals surface area (Å²) in [6, 6.07) is 8.39. The molecule has 1 spiro atoms. The monoisotopic (exact) mass is 414 g/mol. The first-order chi connectivity index (χ1) is 14.5. The second-order valence-electron chi connectivity index (χ2n) is 8.99. The highest BCUT2D eigenvalue weighted by atomic mass is 16.5. The number of benzene rings is 1. The maximum atomic E-state index is 12.1. The Balaban J connectivity index is 1.52. The standard InChI is InChI=1S/C23H34N4O3/c1-27(2)21(28)15-25-22(24-14-17-9-12-29-16-17)26-19-13-23(10-5-6-11-23)30-20-8-4-3-7-18(19)20/h3-4,7-8,17,19H,5-6,9-16H2,1-2H3,(H2,24,25,26). The van der Waals surface area contributed by atoms with E-state index in [1.807, 2.05) is 6.07 Å². The van der Waals surface area contributed by atoms with E-state index in [0.717, 1.165) is 56.8 Å². The van der Waals surface area contributed by atoms with Gasteiger partial charge in [-0.3, -0.25) is 4.79 Å². The summed E-state index contributed by atoms with van der Waals surface area (Å²) < 4.78 is 12.0. The second-order valence-corrected chi connectivity index (χ2v) is 8.99. The number of hydrogen-bond donors (Lipinski definition) is 2. The summed E-state index contributed by atoms with van der Waals surface area (Å²) in [6.07, 6.45) is 6.59. The van der Waals surface area contributed by atoms with E-state index in [1.165, 1.54) is 12.8 Å². The lowest BCUT2D eigenvalue weighted by molar-refractivity contribution is -0.127. The Bertz CT molecular complexity index is 767. The maximum absolute atomic E-state index is 12.1. The molecule has 2 N–H and O–H groups in total. The number of aliphatic imine (C=N–C) groups is 1. The van der Waals surface area contributed by atoms with Crippen LogP contribution in [-0.2, 0) is 9.53 Å². The second kappa shape index (κ2) is 9.25. The van der Waals surface area contributed by atoms with Gasteiger partial charge in [0, 0.05) is 45.1 Å². The van der Waals surface area contributed by atoms with E-state index in [1.54, 1.807) is 19.0 Å². The molecule has 7 heteroatoms. The van der Waals surface area contributed by atoms with Crippen LogP contribution >= 0.6 is 0 Å². The number of para-hydroxylation sites is 1. The van der Waals surface area contributed by atoms with E-state index in [4.69, 9.17) is 9.47 Å². The third-order valence-electron chi connectivity index (χ3n) is 6.48. The Kier molecular flexibility index (Phi) is 6.46. The third-order valence-corrected chi connectivity index (χ3v) is 6.48. The van der Waals surface area contributed by atoms with Gasteiger partial charge in [-0.15, -0.1) is 0 Å². The molecule has 1 saturated carbocycles. The first-order valence-corrected chi connectivity index (χ1v) is 11.2. The van der Waals surface area contributed by atoms with Crippen molar-refractivity contribution in [1.82, 2.24) is 15.5 Å². The van der Waals surface area contributed by atoms with Gasteiger partial charge in [-0.1, -0.05) is 18.2 Å². The van der Waals surface area contributed by atoms with Gasteiger partial charge >= 0.3 is 0 Å². The minimum atomic E-state index is -0.0874. The molecule has 0 bridgehead atoms. The largest absolute Gasteiger partial charge is 0.487 e. The zero-order valence-electron chi connectivity index (χ0n) is 18.2. The van der Waals surface area contributed by atoms with Crippen molar-refractivity contribution in [3.63, 3.8) is 0 Å². The minimum Gasteiger partial charge on any atom is -0.487 e. The van der Waals surface area contributed by atoms with Crippen molar-refractivity contribution in [2.45, 2.75) is 50.2 Å². The Morgan fingerprint density at radius 1 is 1.27 bits per heavy atom. The molecule has 1 aromatic rings. The molecule has 2 aliphatic heterocycles. The normalized spacial score (nSPS) is 24.9. The van der Waals surface area contributed by atoms with Gasteiger partial charge in [-0.25, -0.2) is 4.99 Å². The molecule has 2 unspecified atom stereocenters. The van der Waals surface area contributed by atoms with Gasteiger partial charge in [0.05, 0.1) is 12.6 Å². The lowest BCUT2D eigenvalue weighted by Crippen LogP contribution is -2.47. The molecule has 1 aromatic carbocycles. The highest BCUT2D eigenvalue weighted by Gasteiger charge is 2.43. The molecule has 30 heavy (non-hydrogen) atoms. The number of hydrogen-bond acceptors (Lipinski definition) is 4. The first kappa shape index (κ1) is 21.0. The smallest absolute Gasteiger partial charge is 0.243 e. The lowest BCUT2D eigenvalue weighted by Gasteiger charge is -2.40. The topological polar surface area (TPSA) is 75.2 Å². The molecule has 0 radical (unpaired) electrons. The van der Waals surface area contributed by atoms with Gasteiger partial charge in [0.15, 0.2) is 5.96 Å². The van der Waals surface area contributed by atoms with Gasteiger partial charge in [-0.05, 0) is 38.2 Å².